The molecule has 1 heterocycles. The van der Waals surface area contributed by atoms with Crippen molar-refractivity contribution in [1.82, 2.24) is 10.3 Å². The number of aromatic nitrogens is 1. The third-order valence-corrected chi connectivity index (χ3v) is 2.65. The van der Waals surface area contributed by atoms with Crippen molar-refractivity contribution in [3.8, 4) is 12.3 Å². The Bertz CT molecular complexity index is 563. The van der Waals surface area contributed by atoms with Crippen molar-refractivity contribution < 1.29 is 4.79 Å². The lowest BCUT2D eigenvalue weighted by atomic mass is 10.1. The second-order valence-corrected chi connectivity index (χ2v) is 3.84. The van der Waals surface area contributed by atoms with Crippen molar-refractivity contribution in [3.63, 3.8) is 0 Å². The number of hydrogen-bond donors (Lipinski definition) is 2. The fourth-order valence-corrected chi connectivity index (χ4v) is 1.83. The van der Waals surface area contributed by atoms with Gasteiger partial charge in [-0.3, -0.25) is 4.79 Å². The van der Waals surface area contributed by atoms with Crippen LogP contribution in [0.15, 0.2) is 30.5 Å². The van der Waals surface area contributed by atoms with Crippen molar-refractivity contribution in [2.45, 2.75) is 12.8 Å². The molecule has 86 valence electrons. The number of benzene rings is 1. The molecule has 0 spiro atoms. The molecule has 17 heavy (non-hydrogen) atoms. The third-order valence-electron chi connectivity index (χ3n) is 2.65. The molecule has 0 aliphatic heterocycles. The average molecular weight is 226 g/mol. The van der Waals surface area contributed by atoms with Crippen molar-refractivity contribution in [2.75, 3.05) is 6.54 Å². The number of aromatic amines is 1. The summed E-state index contributed by atoms with van der Waals surface area (Å²) in [5.41, 5.74) is 2.33. The van der Waals surface area contributed by atoms with Crippen molar-refractivity contribution in [3.05, 3.63) is 36.0 Å². The van der Waals surface area contributed by atoms with Gasteiger partial charge in [-0.25, -0.2) is 0 Å². The van der Waals surface area contributed by atoms with Crippen molar-refractivity contribution >= 4 is 16.8 Å². The molecule has 0 aliphatic rings. The quantitative estimate of drug-likeness (QED) is 0.768. The number of rotatable bonds is 4. The van der Waals surface area contributed by atoms with Crippen LogP contribution in [0.2, 0.25) is 0 Å². The number of nitrogens with one attached hydrogen (secondary N) is 2. The summed E-state index contributed by atoms with van der Waals surface area (Å²) in [6.07, 6.45) is 7.99. The highest BCUT2D eigenvalue weighted by Gasteiger charge is 2.03. The Morgan fingerprint density at radius 3 is 3.06 bits per heavy atom. The van der Waals surface area contributed by atoms with E-state index < -0.39 is 0 Å². The van der Waals surface area contributed by atoms with Gasteiger partial charge in [0.15, 0.2) is 0 Å². The van der Waals surface area contributed by atoms with Crippen LogP contribution in [-0.4, -0.2) is 17.4 Å². The average Bonchev–Trinajstić information content (AvgIpc) is 2.73. The molecule has 1 amide bonds. The molecule has 0 atom stereocenters. The molecule has 3 heteroatoms. The van der Waals surface area contributed by atoms with Gasteiger partial charge in [0, 0.05) is 23.6 Å². The summed E-state index contributed by atoms with van der Waals surface area (Å²) in [6, 6.07) is 8.12. The molecular weight excluding hydrogens is 212 g/mol. The van der Waals surface area contributed by atoms with E-state index in [9.17, 15) is 4.79 Å². The number of fused-ring (bicyclic) bond motifs is 1. The molecular formula is C14H14N2O. The Morgan fingerprint density at radius 1 is 1.41 bits per heavy atom. The highest BCUT2D eigenvalue weighted by molar-refractivity contribution is 5.83. The lowest BCUT2D eigenvalue weighted by molar-refractivity contribution is -0.120. The monoisotopic (exact) mass is 226 g/mol. The van der Waals surface area contributed by atoms with Gasteiger partial charge in [-0.05, 0) is 18.1 Å². The van der Waals surface area contributed by atoms with E-state index in [0.717, 1.165) is 11.9 Å². The molecule has 0 unspecified atom stereocenters. The third kappa shape index (κ3) is 2.67. The maximum atomic E-state index is 11.2. The molecule has 0 fully saturated rings. The standard InChI is InChI=1S/C14H14N2O/c1-2-5-14(17)15-9-8-11-10-16-13-7-4-3-6-12(11)13/h1,3-4,6-7,10,16H,5,8-9H2,(H,15,17). The Kier molecular flexibility index (Phi) is 3.46. The van der Waals surface area contributed by atoms with Gasteiger partial charge in [0.2, 0.25) is 5.91 Å². The zero-order valence-electron chi connectivity index (χ0n) is 9.49. The summed E-state index contributed by atoms with van der Waals surface area (Å²) in [5.74, 6) is 2.23. The van der Waals surface area contributed by atoms with Crippen LogP contribution in [0.25, 0.3) is 10.9 Å². The summed E-state index contributed by atoms with van der Waals surface area (Å²) in [5, 5.41) is 4.00. The van der Waals surface area contributed by atoms with Gasteiger partial charge in [-0.15, -0.1) is 6.42 Å². The van der Waals surface area contributed by atoms with Gasteiger partial charge in [-0.2, -0.15) is 0 Å². The Morgan fingerprint density at radius 2 is 2.24 bits per heavy atom. The SMILES string of the molecule is C#CCC(=O)NCCc1c[nH]c2ccccc12. The van der Waals surface area contributed by atoms with Gasteiger partial charge in [0.25, 0.3) is 0 Å². The number of hydrogen-bond acceptors (Lipinski definition) is 1. The summed E-state index contributed by atoms with van der Waals surface area (Å²) in [7, 11) is 0. The highest BCUT2D eigenvalue weighted by atomic mass is 16.1. The van der Waals surface area contributed by atoms with Crippen LogP contribution in [0.5, 0.6) is 0 Å². The molecule has 2 N–H and O–H groups in total. The van der Waals surface area contributed by atoms with E-state index >= 15 is 0 Å². The van der Waals surface area contributed by atoms with E-state index in [1.54, 1.807) is 0 Å². The summed E-state index contributed by atoms with van der Waals surface area (Å²) < 4.78 is 0. The number of H-pyrrole nitrogens is 1. The normalized spacial score (nSPS) is 10.1. The summed E-state index contributed by atoms with van der Waals surface area (Å²) in [6.45, 7) is 0.613. The minimum absolute atomic E-state index is 0.0904. The van der Waals surface area contributed by atoms with E-state index in [2.05, 4.69) is 22.3 Å². The highest BCUT2D eigenvalue weighted by Crippen LogP contribution is 2.17. The second-order valence-electron chi connectivity index (χ2n) is 3.84. The predicted octanol–water partition coefficient (Wildman–Crippen LogP) is 1.85. The van der Waals surface area contributed by atoms with Crippen LogP contribution in [-0.2, 0) is 11.2 Å². The Labute approximate surface area is 100 Å². The smallest absolute Gasteiger partial charge is 0.232 e. The molecule has 1 aromatic carbocycles. The number of carbonyl (C=O) groups excluding carboxylic acids is 1. The topological polar surface area (TPSA) is 44.9 Å². The predicted molar refractivity (Wildman–Crippen MR) is 68.5 cm³/mol. The van der Waals surface area contributed by atoms with Gasteiger partial charge in [0.05, 0.1) is 6.42 Å². The van der Waals surface area contributed by atoms with Crippen LogP contribution in [0.4, 0.5) is 0 Å². The van der Waals surface area contributed by atoms with Crippen LogP contribution in [0, 0.1) is 12.3 Å². The maximum Gasteiger partial charge on any atom is 0.232 e. The molecule has 2 aromatic rings. The first kappa shape index (κ1) is 11.3. The number of amides is 1. The molecule has 0 radical (unpaired) electrons. The van der Waals surface area contributed by atoms with Crippen molar-refractivity contribution in [1.29, 1.82) is 0 Å². The Hall–Kier alpha value is -2.21. The fourth-order valence-electron chi connectivity index (χ4n) is 1.83. The van der Waals surface area contributed by atoms with E-state index in [1.165, 1.54) is 10.9 Å². The number of carbonyl (C=O) groups is 1. The van der Waals surface area contributed by atoms with Crippen LogP contribution in [0.1, 0.15) is 12.0 Å². The first-order valence-corrected chi connectivity index (χ1v) is 5.56. The van der Waals surface area contributed by atoms with E-state index in [1.807, 2.05) is 24.4 Å². The summed E-state index contributed by atoms with van der Waals surface area (Å²) >= 11 is 0. The molecule has 0 saturated heterocycles. The minimum Gasteiger partial charge on any atom is -0.361 e. The molecule has 2 rings (SSSR count). The molecule has 0 saturated carbocycles. The van der Waals surface area contributed by atoms with Crippen LogP contribution >= 0.6 is 0 Å². The van der Waals surface area contributed by atoms with Crippen LogP contribution < -0.4 is 5.32 Å². The second kappa shape index (κ2) is 5.22. The summed E-state index contributed by atoms with van der Waals surface area (Å²) in [4.78, 5) is 14.4. The van der Waals surface area contributed by atoms with E-state index in [0.29, 0.717) is 6.54 Å². The first-order valence-electron chi connectivity index (χ1n) is 5.56. The molecule has 1 aromatic heterocycles. The molecule has 0 aliphatic carbocycles. The zero-order chi connectivity index (χ0) is 12.1. The molecule has 3 nitrogen and oxygen atoms in total. The Balaban J connectivity index is 1.96. The lowest BCUT2D eigenvalue weighted by Crippen LogP contribution is -2.24. The maximum absolute atomic E-state index is 11.2. The fraction of sp³-hybridized carbons (Fsp3) is 0.214. The molecule has 0 bridgehead atoms. The van der Waals surface area contributed by atoms with Gasteiger partial charge >= 0.3 is 0 Å². The van der Waals surface area contributed by atoms with Crippen molar-refractivity contribution in [2.24, 2.45) is 0 Å². The lowest BCUT2D eigenvalue weighted by Gasteiger charge is -2.02. The minimum atomic E-state index is -0.0904. The van der Waals surface area contributed by atoms with Gasteiger partial charge in [0.1, 0.15) is 0 Å². The van der Waals surface area contributed by atoms with E-state index in [-0.39, 0.29) is 12.3 Å². The zero-order valence-corrected chi connectivity index (χ0v) is 9.49. The van der Waals surface area contributed by atoms with E-state index in [4.69, 9.17) is 6.42 Å². The van der Waals surface area contributed by atoms with Gasteiger partial charge in [-0.1, -0.05) is 24.1 Å². The first-order chi connectivity index (χ1) is 8.31. The largest absolute Gasteiger partial charge is 0.361 e. The number of terminal acetylenes is 1. The van der Waals surface area contributed by atoms with Crippen LogP contribution in [0.3, 0.4) is 0 Å². The number of para-hydroxylation sites is 1. The van der Waals surface area contributed by atoms with Gasteiger partial charge < -0.3 is 10.3 Å².